The summed E-state index contributed by atoms with van der Waals surface area (Å²) in [7, 11) is 1.35. The van der Waals surface area contributed by atoms with Gasteiger partial charge in [0.15, 0.2) is 0 Å². The topological polar surface area (TPSA) is 41.6 Å². The quantitative estimate of drug-likeness (QED) is 0.701. The molecule has 0 aliphatic heterocycles. The number of aromatic nitrogens is 2. The summed E-state index contributed by atoms with van der Waals surface area (Å²) in [5.41, 5.74) is -4.54. The number of pyridine rings is 1. The Labute approximate surface area is 150 Å². The molecule has 142 valence electrons. The monoisotopic (exact) mass is 385 g/mol. The van der Waals surface area contributed by atoms with Crippen molar-refractivity contribution in [3.05, 3.63) is 52.6 Å². The standard InChI is InChI=1S/C18H13F6N3/c1-9-5-4-6-26-15(9)14-13(11-7-10(2)27(3)12(11)8-25)16(19,20)18(23,24)17(14,21)22/h4-7H,1-3H3. The Balaban J connectivity index is 2.52. The first kappa shape index (κ1) is 19.0. The molecule has 0 saturated carbocycles. The van der Waals surface area contributed by atoms with E-state index in [9.17, 15) is 31.6 Å². The molecular weight excluding hydrogens is 372 g/mol. The van der Waals surface area contributed by atoms with E-state index in [0.717, 1.165) is 12.3 Å². The molecule has 2 aromatic rings. The second-order valence-corrected chi connectivity index (χ2v) is 6.36. The summed E-state index contributed by atoms with van der Waals surface area (Å²) < 4.78 is 88.1. The van der Waals surface area contributed by atoms with Gasteiger partial charge in [-0.25, -0.2) is 0 Å². The zero-order valence-electron chi connectivity index (χ0n) is 14.4. The molecule has 0 atom stereocenters. The smallest absolute Gasteiger partial charge is 0.339 e. The Morgan fingerprint density at radius 2 is 1.63 bits per heavy atom. The molecule has 3 rings (SSSR count). The normalized spacial score (nSPS) is 20.0. The van der Waals surface area contributed by atoms with Crippen LogP contribution < -0.4 is 0 Å². The van der Waals surface area contributed by atoms with Crippen LogP contribution in [0, 0.1) is 25.2 Å². The van der Waals surface area contributed by atoms with Gasteiger partial charge in [0.25, 0.3) is 0 Å². The number of nitrogens with zero attached hydrogens (tertiary/aromatic N) is 3. The molecule has 0 bridgehead atoms. The van der Waals surface area contributed by atoms with Crippen LogP contribution >= 0.6 is 0 Å². The maximum absolute atomic E-state index is 14.7. The number of alkyl halides is 6. The maximum Gasteiger partial charge on any atom is 0.380 e. The van der Waals surface area contributed by atoms with Crippen LogP contribution in [-0.4, -0.2) is 27.3 Å². The van der Waals surface area contributed by atoms with Gasteiger partial charge < -0.3 is 4.57 Å². The molecule has 0 fully saturated rings. The van der Waals surface area contributed by atoms with E-state index in [1.807, 2.05) is 0 Å². The van der Waals surface area contributed by atoms with Gasteiger partial charge in [0.2, 0.25) is 0 Å². The minimum atomic E-state index is -5.68. The molecular formula is C18H13F6N3. The van der Waals surface area contributed by atoms with E-state index in [-0.39, 0.29) is 11.3 Å². The summed E-state index contributed by atoms with van der Waals surface area (Å²) in [4.78, 5) is 3.65. The van der Waals surface area contributed by atoms with Crippen LogP contribution in [0.2, 0.25) is 0 Å². The summed E-state index contributed by atoms with van der Waals surface area (Å²) in [6.07, 6.45) is 1.05. The van der Waals surface area contributed by atoms with Crippen LogP contribution in [0.25, 0.3) is 11.1 Å². The Morgan fingerprint density at radius 1 is 1.04 bits per heavy atom. The van der Waals surface area contributed by atoms with Crippen LogP contribution in [0.4, 0.5) is 26.3 Å². The van der Waals surface area contributed by atoms with Crippen molar-refractivity contribution in [3.63, 3.8) is 0 Å². The first-order valence-electron chi connectivity index (χ1n) is 7.77. The molecule has 1 aliphatic rings. The second-order valence-electron chi connectivity index (χ2n) is 6.36. The van der Waals surface area contributed by atoms with Crippen molar-refractivity contribution in [2.45, 2.75) is 31.6 Å². The van der Waals surface area contributed by atoms with Crippen molar-refractivity contribution in [2.24, 2.45) is 7.05 Å². The Bertz CT molecular complexity index is 1010. The Hall–Kier alpha value is -2.76. The fourth-order valence-corrected chi connectivity index (χ4v) is 3.20. The predicted molar refractivity (Wildman–Crippen MR) is 85.5 cm³/mol. The molecule has 0 aromatic carbocycles. The highest BCUT2D eigenvalue weighted by Gasteiger charge is 2.80. The molecule has 1 aliphatic carbocycles. The first-order chi connectivity index (χ1) is 12.4. The van der Waals surface area contributed by atoms with Crippen LogP contribution in [0.1, 0.15) is 28.2 Å². The van der Waals surface area contributed by atoms with Gasteiger partial charge in [-0.1, -0.05) is 6.07 Å². The lowest BCUT2D eigenvalue weighted by Crippen LogP contribution is -2.49. The average Bonchev–Trinajstić information content (AvgIpc) is 2.91. The number of allylic oxidation sites excluding steroid dienone is 2. The minimum Gasteiger partial charge on any atom is -0.339 e. The number of rotatable bonds is 2. The van der Waals surface area contributed by atoms with E-state index < -0.39 is 45.9 Å². The average molecular weight is 385 g/mol. The number of hydrogen-bond donors (Lipinski definition) is 0. The fourth-order valence-electron chi connectivity index (χ4n) is 3.20. The highest BCUT2D eigenvalue weighted by Crippen LogP contribution is 2.64. The van der Waals surface area contributed by atoms with Crippen molar-refractivity contribution < 1.29 is 26.3 Å². The molecule has 3 nitrogen and oxygen atoms in total. The maximum atomic E-state index is 14.7. The van der Waals surface area contributed by atoms with Crippen LogP contribution in [0.15, 0.2) is 24.4 Å². The van der Waals surface area contributed by atoms with E-state index >= 15 is 0 Å². The van der Waals surface area contributed by atoms with Gasteiger partial charge in [-0.2, -0.15) is 31.6 Å². The summed E-state index contributed by atoms with van der Waals surface area (Å²) >= 11 is 0. The van der Waals surface area contributed by atoms with Gasteiger partial charge >= 0.3 is 17.8 Å². The molecule has 0 spiro atoms. The summed E-state index contributed by atoms with van der Waals surface area (Å²) in [6, 6.07) is 5.33. The molecule has 0 unspecified atom stereocenters. The van der Waals surface area contributed by atoms with Crippen LogP contribution in [0.3, 0.4) is 0 Å². The largest absolute Gasteiger partial charge is 0.380 e. The van der Waals surface area contributed by atoms with Crippen molar-refractivity contribution in [1.82, 2.24) is 9.55 Å². The van der Waals surface area contributed by atoms with Crippen LogP contribution in [-0.2, 0) is 7.05 Å². The van der Waals surface area contributed by atoms with Crippen molar-refractivity contribution in [2.75, 3.05) is 0 Å². The number of nitriles is 1. The first-order valence-corrected chi connectivity index (χ1v) is 7.77. The van der Waals surface area contributed by atoms with Gasteiger partial charge in [-0.3, -0.25) is 4.98 Å². The Morgan fingerprint density at radius 3 is 2.19 bits per heavy atom. The van der Waals surface area contributed by atoms with Crippen LogP contribution in [0.5, 0.6) is 0 Å². The summed E-state index contributed by atoms with van der Waals surface area (Å²) in [5.74, 6) is -16.1. The number of hydrogen-bond acceptors (Lipinski definition) is 2. The van der Waals surface area contributed by atoms with E-state index in [1.54, 1.807) is 6.07 Å². The summed E-state index contributed by atoms with van der Waals surface area (Å²) in [6.45, 7) is 2.75. The third-order valence-electron chi connectivity index (χ3n) is 4.76. The van der Waals surface area contributed by atoms with E-state index in [4.69, 9.17) is 0 Å². The van der Waals surface area contributed by atoms with E-state index in [1.165, 1.54) is 37.6 Å². The van der Waals surface area contributed by atoms with Crippen molar-refractivity contribution in [1.29, 1.82) is 5.26 Å². The second kappa shape index (κ2) is 5.62. The van der Waals surface area contributed by atoms with Gasteiger partial charge in [-0.15, -0.1) is 0 Å². The third-order valence-corrected chi connectivity index (χ3v) is 4.76. The minimum absolute atomic E-state index is 0.0318. The third kappa shape index (κ3) is 2.25. The lowest BCUT2D eigenvalue weighted by Gasteiger charge is -2.25. The molecule has 2 aromatic heterocycles. The van der Waals surface area contributed by atoms with Gasteiger partial charge in [-0.05, 0) is 31.5 Å². The zero-order valence-corrected chi connectivity index (χ0v) is 14.4. The van der Waals surface area contributed by atoms with Crippen molar-refractivity contribution in [3.8, 4) is 6.07 Å². The molecule has 27 heavy (non-hydrogen) atoms. The molecule has 0 N–H and O–H groups in total. The molecule has 0 saturated heterocycles. The molecule has 2 heterocycles. The highest BCUT2D eigenvalue weighted by atomic mass is 19.3. The molecule has 0 radical (unpaired) electrons. The predicted octanol–water partition coefficient (Wildman–Crippen LogP) is 4.74. The molecule has 0 amide bonds. The zero-order chi connectivity index (χ0) is 20.4. The fraction of sp³-hybridized carbons (Fsp3) is 0.333. The highest BCUT2D eigenvalue weighted by molar-refractivity contribution is 6.01. The van der Waals surface area contributed by atoms with E-state index in [2.05, 4.69) is 4.98 Å². The van der Waals surface area contributed by atoms with E-state index in [0.29, 0.717) is 0 Å². The lowest BCUT2D eigenvalue weighted by atomic mass is 9.95. The number of halogens is 6. The van der Waals surface area contributed by atoms with Crippen molar-refractivity contribution >= 4 is 11.1 Å². The number of aryl methyl sites for hydroxylation is 2. The van der Waals surface area contributed by atoms with Gasteiger partial charge in [0.05, 0.1) is 11.3 Å². The lowest BCUT2D eigenvalue weighted by molar-refractivity contribution is -0.254. The summed E-state index contributed by atoms with van der Waals surface area (Å²) in [5, 5.41) is 9.29. The Kier molecular flexibility index (Phi) is 3.96. The van der Waals surface area contributed by atoms with Gasteiger partial charge in [0.1, 0.15) is 11.8 Å². The SMILES string of the molecule is Cc1cccnc1C1=C(c2cc(C)n(C)c2C#N)C(F)(F)C(F)(F)C1(F)F. The van der Waals surface area contributed by atoms with Gasteiger partial charge in [0, 0.05) is 30.1 Å². The molecule has 9 heteroatoms.